The van der Waals surface area contributed by atoms with Crippen LogP contribution in [-0.4, -0.2) is 33.4 Å². The number of hydrogen-bond donors (Lipinski definition) is 1. The molecule has 1 atom stereocenters. The second kappa shape index (κ2) is 7.46. The number of amides is 1. The average molecular weight is 431 g/mol. The van der Waals surface area contributed by atoms with Crippen LogP contribution in [0.3, 0.4) is 0 Å². The number of ether oxygens (including phenoxy) is 2. The van der Waals surface area contributed by atoms with Crippen molar-refractivity contribution in [2.45, 2.75) is 13.0 Å². The fourth-order valence-corrected chi connectivity index (χ4v) is 4.26. The average Bonchev–Trinajstić information content (AvgIpc) is 3.04. The van der Waals surface area contributed by atoms with Gasteiger partial charge in [0.1, 0.15) is 6.04 Å². The van der Waals surface area contributed by atoms with Gasteiger partial charge in [0.25, 0.3) is 0 Å². The summed E-state index contributed by atoms with van der Waals surface area (Å²) in [4.78, 5) is 12.7. The van der Waals surface area contributed by atoms with Crippen LogP contribution in [0.2, 0.25) is 10.0 Å². The van der Waals surface area contributed by atoms with Crippen molar-refractivity contribution < 1.29 is 22.7 Å². The zero-order valence-electron chi connectivity index (χ0n) is 14.4. The third-order valence-corrected chi connectivity index (χ3v) is 5.66. The largest absolute Gasteiger partial charge is 0.454 e. The Hall–Kier alpha value is -2.16. The highest BCUT2D eigenvalue weighted by molar-refractivity contribution is 7.92. The number of halogens is 2. The van der Waals surface area contributed by atoms with E-state index in [1.54, 1.807) is 18.2 Å². The van der Waals surface area contributed by atoms with Crippen molar-refractivity contribution in [1.82, 2.24) is 0 Å². The minimum absolute atomic E-state index is 0.109. The number of sulfonamides is 1. The molecule has 1 heterocycles. The number of anilines is 2. The maximum Gasteiger partial charge on any atom is 0.247 e. The van der Waals surface area contributed by atoms with E-state index in [2.05, 4.69) is 5.32 Å². The molecule has 27 heavy (non-hydrogen) atoms. The Morgan fingerprint density at radius 3 is 2.56 bits per heavy atom. The van der Waals surface area contributed by atoms with Gasteiger partial charge < -0.3 is 14.8 Å². The quantitative estimate of drug-likeness (QED) is 0.783. The summed E-state index contributed by atoms with van der Waals surface area (Å²) < 4.78 is 36.1. The molecule has 10 heteroatoms. The molecule has 1 aliphatic rings. The second-order valence-corrected chi connectivity index (χ2v) is 8.59. The SMILES string of the molecule is C[C@@H](C(=O)Nc1ccc2c(c1)OCO2)N(c1cc(Cl)ccc1Cl)S(C)(=O)=O. The van der Waals surface area contributed by atoms with E-state index in [1.807, 2.05) is 0 Å². The Bertz CT molecular complexity index is 997. The molecule has 2 aromatic rings. The summed E-state index contributed by atoms with van der Waals surface area (Å²) in [5.74, 6) is 0.526. The molecular weight excluding hydrogens is 415 g/mol. The van der Waals surface area contributed by atoms with Crippen molar-refractivity contribution in [3.63, 3.8) is 0 Å². The van der Waals surface area contributed by atoms with Crippen molar-refractivity contribution in [2.24, 2.45) is 0 Å². The van der Waals surface area contributed by atoms with Crippen molar-refractivity contribution in [2.75, 3.05) is 22.7 Å². The molecule has 0 radical (unpaired) electrons. The molecule has 0 unspecified atom stereocenters. The normalized spacial score (nSPS) is 13.9. The van der Waals surface area contributed by atoms with Gasteiger partial charge in [-0.25, -0.2) is 8.42 Å². The Balaban J connectivity index is 1.89. The Kier molecular flexibility index (Phi) is 5.41. The number of carbonyl (C=O) groups is 1. The summed E-state index contributed by atoms with van der Waals surface area (Å²) in [5, 5.41) is 3.13. The number of fused-ring (bicyclic) bond motifs is 1. The smallest absolute Gasteiger partial charge is 0.247 e. The van der Waals surface area contributed by atoms with Crippen molar-refractivity contribution in [3.05, 3.63) is 46.4 Å². The van der Waals surface area contributed by atoms with Gasteiger partial charge in [0.15, 0.2) is 11.5 Å². The molecule has 0 aliphatic carbocycles. The fraction of sp³-hybridized carbons (Fsp3) is 0.235. The molecule has 144 valence electrons. The van der Waals surface area contributed by atoms with E-state index in [0.29, 0.717) is 22.2 Å². The van der Waals surface area contributed by atoms with Crippen LogP contribution in [0.25, 0.3) is 0 Å². The standard InChI is InChI=1S/C17H16Cl2N2O5S/c1-10(17(22)20-12-4-6-15-16(8-12)26-9-25-15)21(27(2,23)24)14-7-11(18)3-5-13(14)19/h3-8,10H,9H2,1-2H3,(H,20,22)/t10-/m0/s1. The summed E-state index contributed by atoms with van der Waals surface area (Å²) in [6.07, 6.45) is 0.995. The molecule has 1 N–H and O–H groups in total. The van der Waals surface area contributed by atoms with Crippen LogP contribution in [0.1, 0.15) is 6.92 Å². The lowest BCUT2D eigenvalue weighted by Gasteiger charge is -2.29. The Morgan fingerprint density at radius 1 is 1.15 bits per heavy atom. The number of benzene rings is 2. The van der Waals surface area contributed by atoms with Crippen molar-refractivity contribution >= 4 is 50.5 Å². The van der Waals surface area contributed by atoms with Crippen LogP contribution in [0.4, 0.5) is 11.4 Å². The molecule has 1 amide bonds. The lowest BCUT2D eigenvalue weighted by atomic mass is 10.2. The molecule has 0 spiro atoms. The van der Waals surface area contributed by atoms with E-state index in [-0.39, 0.29) is 17.5 Å². The van der Waals surface area contributed by atoms with Crippen LogP contribution in [0.5, 0.6) is 11.5 Å². The molecule has 3 rings (SSSR count). The molecule has 1 aliphatic heterocycles. The maximum absolute atomic E-state index is 12.7. The van der Waals surface area contributed by atoms with Crippen LogP contribution < -0.4 is 19.1 Å². The monoisotopic (exact) mass is 430 g/mol. The number of carbonyl (C=O) groups excluding carboxylic acids is 1. The summed E-state index contributed by atoms with van der Waals surface area (Å²) in [5.41, 5.74) is 0.571. The van der Waals surface area contributed by atoms with Gasteiger partial charge in [-0.2, -0.15) is 0 Å². The van der Waals surface area contributed by atoms with E-state index >= 15 is 0 Å². The second-order valence-electron chi connectivity index (χ2n) is 5.89. The topological polar surface area (TPSA) is 84.9 Å². The highest BCUT2D eigenvalue weighted by Crippen LogP contribution is 2.35. The first kappa shape index (κ1) is 19.6. The Morgan fingerprint density at radius 2 is 1.85 bits per heavy atom. The molecule has 0 saturated carbocycles. The molecule has 0 bridgehead atoms. The van der Waals surface area contributed by atoms with Crippen molar-refractivity contribution in [1.29, 1.82) is 0 Å². The van der Waals surface area contributed by atoms with E-state index < -0.39 is 22.0 Å². The zero-order chi connectivity index (χ0) is 19.8. The van der Waals surface area contributed by atoms with Gasteiger partial charge in [-0.3, -0.25) is 9.10 Å². The Labute approximate surface area is 166 Å². The summed E-state index contributed by atoms with van der Waals surface area (Å²) in [6.45, 7) is 1.57. The molecule has 0 saturated heterocycles. The van der Waals surface area contributed by atoms with Gasteiger partial charge in [0.2, 0.25) is 22.7 Å². The number of nitrogens with zero attached hydrogens (tertiary/aromatic N) is 1. The summed E-state index contributed by atoms with van der Waals surface area (Å²) >= 11 is 12.1. The lowest BCUT2D eigenvalue weighted by molar-refractivity contribution is -0.116. The number of rotatable bonds is 5. The highest BCUT2D eigenvalue weighted by atomic mass is 35.5. The predicted octanol–water partition coefficient (Wildman–Crippen LogP) is 3.52. The fourth-order valence-electron chi connectivity index (χ4n) is 2.66. The highest BCUT2D eigenvalue weighted by Gasteiger charge is 2.31. The van der Waals surface area contributed by atoms with Gasteiger partial charge in [-0.05, 0) is 37.3 Å². The van der Waals surface area contributed by atoms with Gasteiger partial charge >= 0.3 is 0 Å². The van der Waals surface area contributed by atoms with Crippen LogP contribution >= 0.6 is 23.2 Å². The maximum atomic E-state index is 12.7. The first-order valence-corrected chi connectivity index (χ1v) is 10.4. The van der Waals surface area contributed by atoms with E-state index in [4.69, 9.17) is 32.7 Å². The lowest BCUT2D eigenvalue weighted by Crippen LogP contribution is -2.45. The minimum Gasteiger partial charge on any atom is -0.454 e. The minimum atomic E-state index is -3.82. The van der Waals surface area contributed by atoms with Crippen molar-refractivity contribution in [3.8, 4) is 11.5 Å². The molecular formula is C17H16Cl2N2O5S. The first-order valence-electron chi connectivity index (χ1n) is 7.82. The zero-order valence-corrected chi connectivity index (χ0v) is 16.7. The summed E-state index contributed by atoms with van der Waals surface area (Å²) in [6, 6.07) is 8.21. The molecule has 7 nitrogen and oxygen atoms in total. The third kappa shape index (κ3) is 4.23. The van der Waals surface area contributed by atoms with Crippen LogP contribution in [0.15, 0.2) is 36.4 Å². The van der Waals surface area contributed by atoms with Gasteiger partial charge in [0.05, 0.1) is 17.0 Å². The predicted molar refractivity (Wildman–Crippen MR) is 104 cm³/mol. The van der Waals surface area contributed by atoms with Gasteiger partial charge in [-0.15, -0.1) is 0 Å². The first-order chi connectivity index (χ1) is 12.7. The number of hydrogen-bond acceptors (Lipinski definition) is 5. The summed E-state index contributed by atoms with van der Waals surface area (Å²) in [7, 11) is -3.82. The van der Waals surface area contributed by atoms with Gasteiger partial charge in [-0.1, -0.05) is 23.2 Å². The van der Waals surface area contributed by atoms with E-state index in [9.17, 15) is 13.2 Å². The molecule has 2 aromatic carbocycles. The van der Waals surface area contributed by atoms with Crippen LogP contribution in [0, 0.1) is 0 Å². The molecule has 0 fully saturated rings. The van der Waals surface area contributed by atoms with E-state index in [0.717, 1.165) is 10.6 Å². The van der Waals surface area contributed by atoms with Crippen LogP contribution in [-0.2, 0) is 14.8 Å². The third-order valence-electron chi connectivity index (χ3n) is 3.87. The van der Waals surface area contributed by atoms with E-state index in [1.165, 1.54) is 25.1 Å². The van der Waals surface area contributed by atoms with Gasteiger partial charge in [0, 0.05) is 16.8 Å². The molecule has 0 aromatic heterocycles. The number of nitrogens with one attached hydrogen (secondary N) is 1.